The Morgan fingerprint density at radius 1 is 1.15 bits per heavy atom. The van der Waals surface area contributed by atoms with Crippen molar-refractivity contribution < 1.29 is 22.4 Å². The van der Waals surface area contributed by atoms with E-state index in [0.29, 0.717) is 37.6 Å². The zero-order valence-corrected chi connectivity index (χ0v) is 14.8. The molecule has 1 saturated heterocycles. The first-order valence-corrected chi connectivity index (χ1v) is 8.64. The zero-order valence-electron chi connectivity index (χ0n) is 14.8. The molecule has 0 N–H and O–H groups in total. The maximum Gasteiger partial charge on any atom is 0.435 e. The van der Waals surface area contributed by atoms with Crippen molar-refractivity contribution in [2.75, 3.05) is 31.1 Å². The third-order valence-electron chi connectivity index (χ3n) is 4.63. The lowest BCUT2D eigenvalue weighted by Crippen LogP contribution is -2.49. The summed E-state index contributed by atoms with van der Waals surface area (Å²) >= 11 is 0. The number of anilines is 1. The average Bonchev–Trinajstić information content (AvgIpc) is 3.01. The highest BCUT2D eigenvalue weighted by atomic mass is 19.4. The van der Waals surface area contributed by atoms with Crippen LogP contribution in [0.4, 0.5) is 23.2 Å². The van der Waals surface area contributed by atoms with E-state index in [9.17, 15) is 22.4 Å². The van der Waals surface area contributed by atoms with E-state index in [1.807, 2.05) is 4.90 Å². The summed E-state index contributed by atoms with van der Waals surface area (Å²) in [4.78, 5) is 15.9. The monoisotopic (exact) mass is 384 g/mol. The van der Waals surface area contributed by atoms with Crippen LogP contribution in [0.25, 0.3) is 0 Å². The van der Waals surface area contributed by atoms with Crippen LogP contribution in [-0.2, 0) is 17.5 Å². The van der Waals surface area contributed by atoms with Gasteiger partial charge >= 0.3 is 6.18 Å². The first-order valence-electron chi connectivity index (χ1n) is 8.64. The molecule has 1 aliphatic rings. The van der Waals surface area contributed by atoms with Crippen molar-refractivity contribution in [3.8, 4) is 0 Å². The number of benzene rings is 1. The van der Waals surface area contributed by atoms with E-state index >= 15 is 0 Å². The van der Waals surface area contributed by atoms with Crippen LogP contribution in [0.3, 0.4) is 0 Å². The maximum absolute atomic E-state index is 13.9. The van der Waals surface area contributed by atoms with Crippen molar-refractivity contribution in [2.45, 2.75) is 26.1 Å². The predicted molar refractivity (Wildman–Crippen MR) is 91.8 cm³/mol. The van der Waals surface area contributed by atoms with Crippen LogP contribution < -0.4 is 4.90 Å². The van der Waals surface area contributed by atoms with Crippen molar-refractivity contribution in [3.63, 3.8) is 0 Å². The lowest BCUT2D eigenvalue weighted by Gasteiger charge is -2.36. The Morgan fingerprint density at radius 2 is 1.81 bits per heavy atom. The first kappa shape index (κ1) is 19.2. The summed E-state index contributed by atoms with van der Waals surface area (Å²) in [5.41, 5.74) is -0.0816. The number of rotatable bonds is 4. The van der Waals surface area contributed by atoms with Crippen LogP contribution in [-0.4, -0.2) is 46.8 Å². The number of carbonyl (C=O) groups excluding carboxylic acids is 1. The molecule has 0 atom stereocenters. The number of amides is 1. The number of halogens is 4. The van der Waals surface area contributed by atoms with Crippen LogP contribution in [0.15, 0.2) is 30.3 Å². The van der Waals surface area contributed by atoms with Crippen LogP contribution in [0.2, 0.25) is 0 Å². The number of aromatic nitrogens is 2. The third-order valence-corrected chi connectivity index (χ3v) is 4.63. The Bertz CT molecular complexity index is 810. The summed E-state index contributed by atoms with van der Waals surface area (Å²) in [6.07, 6.45) is -4.43. The molecule has 0 saturated carbocycles. The Hall–Kier alpha value is -2.58. The van der Waals surface area contributed by atoms with Gasteiger partial charge in [-0.05, 0) is 25.1 Å². The lowest BCUT2D eigenvalue weighted by molar-refractivity contribution is -0.141. The molecule has 27 heavy (non-hydrogen) atoms. The van der Waals surface area contributed by atoms with Crippen molar-refractivity contribution >= 4 is 11.6 Å². The predicted octanol–water partition coefficient (Wildman–Crippen LogP) is 3.09. The number of para-hydroxylation sites is 1. The number of aryl methyl sites for hydroxylation is 2. The second-order valence-corrected chi connectivity index (χ2v) is 6.46. The van der Waals surface area contributed by atoms with Gasteiger partial charge in [-0.2, -0.15) is 18.3 Å². The molecule has 0 bridgehead atoms. The second-order valence-electron chi connectivity index (χ2n) is 6.46. The molecule has 0 spiro atoms. The SMILES string of the molecule is Cc1cc(C(F)(F)F)nn1CCC(=O)N1CCN(c2ccccc2F)CC1. The van der Waals surface area contributed by atoms with Gasteiger partial charge in [0.05, 0.1) is 5.69 Å². The van der Waals surface area contributed by atoms with Crippen molar-refractivity contribution in [1.82, 2.24) is 14.7 Å². The third kappa shape index (κ3) is 4.40. The zero-order chi connectivity index (χ0) is 19.6. The fraction of sp³-hybridized carbons (Fsp3) is 0.444. The summed E-state index contributed by atoms with van der Waals surface area (Å²) in [7, 11) is 0. The highest BCUT2D eigenvalue weighted by molar-refractivity contribution is 5.76. The molecule has 1 amide bonds. The van der Waals surface area contributed by atoms with E-state index in [4.69, 9.17) is 0 Å². The molecule has 1 aromatic heterocycles. The van der Waals surface area contributed by atoms with Crippen LogP contribution in [0, 0.1) is 12.7 Å². The van der Waals surface area contributed by atoms with Crippen LogP contribution in [0.1, 0.15) is 17.8 Å². The molecule has 1 aromatic carbocycles. The van der Waals surface area contributed by atoms with Gasteiger partial charge in [-0.3, -0.25) is 9.48 Å². The van der Waals surface area contributed by atoms with E-state index in [1.54, 1.807) is 23.1 Å². The van der Waals surface area contributed by atoms with Gasteiger partial charge in [0.15, 0.2) is 5.69 Å². The Balaban J connectivity index is 1.53. The average molecular weight is 384 g/mol. The van der Waals surface area contributed by atoms with Crippen LogP contribution >= 0.6 is 0 Å². The van der Waals surface area contributed by atoms with Gasteiger partial charge in [0.1, 0.15) is 5.82 Å². The van der Waals surface area contributed by atoms with Gasteiger partial charge in [-0.25, -0.2) is 4.39 Å². The summed E-state index contributed by atoms with van der Waals surface area (Å²) in [5.74, 6) is -0.446. The largest absolute Gasteiger partial charge is 0.435 e. The number of alkyl halides is 3. The molecule has 0 aliphatic carbocycles. The van der Waals surface area contributed by atoms with Gasteiger partial charge in [0, 0.05) is 44.8 Å². The quantitative estimate of drug-likeness (QED) is 0.761. The molecular weight excluding hydrogens is 364 g/mol. The van der Waals surface area contributed by atoms with Gasteiger partial charge in [0.25, 0.3) is 0 Å². The Kier molecular flexibility index (Phi) is 5.38. The molecule has 0 unspecified atom stereocenters. The Labute approximate surface area is 154 Å². The minimum absolute atomic E-state index is 0.0690. The highest BCUT2D eigenvalue weighted by Gasteiger charge is 2.34. The molecule has 2 aromatic rings. The van der Waals surface area contributed by atoms with Gasteiger partial charge < -0.3 is 9.80 Å². The summed E-state index contributed by atoms with van der Waals surface area (Å²) in [6.45, 7) is 3.52. The first-order chi connectivity index (χ1) is 12.8. The standard InChI is InChI=1S/C18H20F4N4O/c1-13-12-16(18(20,21)22)23-26(13)7-6-17(27)25-10-8-24(9-11-25)15-5-3-2-4-14(15)19/h2-5,12H,6-11H2,1H3. The molecule has 1 fully saturated rings. The van der Waals surface area contributed by atoms with E-state index < -0.39 is 11.9 Å². The molecule has 146 valence electrons. The Morgan fingerprint density at radius 3 is 2.41 bits per heavy atom. The molecule has 9 heteroatoms. The molecule has 1 aliphatic heterocycles. The summed E-state index contributed by atoms with van der Waals surface area (Å²) < 4.78 is 53.1. The number of nitrogens with zero attached hydrogens (tertiary/aromatic N) is 4. The van der Waals surface area contributed by atoms with Crippen molar-refractivity contribution in [3.05, 3.63) is 47.5 Å². The van der Waals surface area contributed by atoms with Crippen molar-refractivity contribution in [1.29, 1.82) is 0 Å². The van der Waals surface area contributed by atoms with E-state index in [2.05, 4.69) is 5.10 Å². The number of hydrogen-bond acceptors (Lipinski definition) is 3. The minimum atomic E-state index is -4.50. The summed E-state index contributed by atoms with van der Waals surface area (Å²) in [6, 6.07) is 7.45. The number of carbonyl (C=O) groups is 1. The topological polar surface area (TPSA) is 41.4 Å². The smallest absolute Gasteiger partial charge is 0.366 e. The van der Waals surface area contributed by atoms with Crippen LogP contribution in [0.5, 0.6) is 0 Å². The van der Waals surface area contributed by atoms with E-state index in [0.717, 1.165) is 6.07 Å². The lowest BCUT2D eigenvalue weighted by atomic mass is 10.2. The molecule has 5 nitrogen and oxygen atoms in total. The summed E-state index contributed by atoms with van der Waals surface area (Å²) in [5, 5.41) is 3.53. The van der Waals surface area contributed by atoms with Gasteiger partial charge in [-0.1, -0.05) is 12.1 Å². The molecule has 0 radical (unpaired) electrons. The highest BCUT2D eigenvalue weighted by Crippen LogP contribution is 2.28. The van der Waals surface area contributed by atoms with E-state index in [-0.39, 0.29) is 24.7 Å². The normalized spacial score (nSPS) is 15.3. The fourth-order valence-electron chi connectivity index (χ4n) is 3.14. The fourth-order valence-corrected chi connectivity index (χ4v) is 3.14. The van der Waals surface area contributed by atoms with Gasteiger partial charge in [-0.15, -0.1) is 0 Å². The van der Waals surface area contributed by atoms with Crippen molar-refractivity contribution in [2.24, 2.45) is 0 Å². The molecule has 3 rings (SSSR count). The minimum Gasteiger partial charge on any atom is -0.366 e. The number of piperazine rings is 1. The molecule has 2 heterocycles. The van der Waals surface area contributed by atoms with Gasteiger partial charge in [0.2, 0.25) is 5.91 Å². The molecular formula is C18H20F4N4O. The second kappa shape index (κ2) is 7.58. The van der Waals surface area contributed by atoms with E-state index in [1.165, 1.54) is 17.7 Å². The number of hydrogen-bond donors (Lipinski definition) is 0. The maximum atomic E-state index is 13.9.